The van der Waals surface area contributed by atoms with Gasteiger partial charge in [-0.05, 0) is 36.2 Å². The molecule has 1 unspecified atom stereocenters. The zero-order valence-corrected chi connectivity index (χ0v) is 15.5. The van der Waals surface area contributed by atoms with Crippen molar-refractivity contribution < 1.29 is 9.21 Å². The average Bonchev–Trinajstić information content (AvgIpc) is 3.32. The maximum atomic E-state index is 12.3. The maximum Gasteiger partial charge on any atom is 0.229 e. The number of primary amides is 1. The Morgan fingerprint density at radius 1 is 1.19 bits per heavy atom. The van der Waals surface area contributed by atoms with Crippen LogP contribution in [0.25, 0.3) is 11.5 Å². The molecule has 5 nitrogen and oxygen atoms in total. The number of rotatable bonds is 5. The molecular weight excluding hydrogens is 362 g/mol. The number of benzene rings is 2. The van der Waals surface area contributed by atoms with Crippen molar-refractivity contribution in [1.29, 1.82) is 0 Å². The van der Waals surface area contributed by atoms with Crippen LogP contribution in [0.5, 0.6) is 0 Å². The lowest BCUT2D eigenvalue weighted by molar-refractivity contribution is -0.123. The third-order valence-electron chi connectivity index (χ3n) is 5.17. The van der Waals surface area contributed by atoms with Crippen molar-refractivity contribution in [1.82, 2.24) is 9.88 Å². The van der Waals surface area contributed by atoms with Crippen molar-refractivity contribution in [3.63, 3.8) is 0 Å². The minimum absolute atomic E-state index is 0.279. The molecule has 2 N–H and O–H groups in total. The SMILES string of the molecule is NC(=O)C1(c2ccccc2)CCN(Cc2coc(-c3ccc(Cl)cc3)n2)C1. The Labute approximate surface area is 162 Å². The summed E-state index contributed by atoms with van der Waals surface area (Å²) in [5.41, 5.74) is 7.83. The molecule has 0 aliphatic carbocycles. The molecular formula is C21H20ClN3O2. The molecule has 1 atom stereocenters. The Morgan fingerprint density at radius 3 is 2.63 bits per heavy atom. The second-order valence-corrected chi connectivity index (χ2v) is 7.36. The van der Waals surface area contributed by atoms with E-state index in [9.17, 15) is 4.79 Å². The van der Waals surface area contributed by atoms with Gasteiger partial charge in [-0.3, -0.25) is 9.69 Å². The van der Waals surface area contributed by atoms with Gasteiger partial charge in [0.1, 0.15) is 6.26 Å². The quantitative estimate of drug-likeness (QED) is 0.732. The van der Waals surface area contributed by atoms with Crippen molar-refractivity contribution >= 4 is 17.5 Å². The van der Waals surface area contributed by atoms with Gasteiger partial charge in [0.2, 0.25) is 11.8 Å². The first-order chi connectivity index (χ1) is 13.1. The zero-order chi connectivity index (χ0) is 18.9. The molecule has 0 spiro atoms. The fraction of sp³-hybridized carbons (Fsp3) is 0.238. The smallest absolute Gasteiger partial charge is 0.229 e. The third-order valence-corrected chi connectivity index (χ3v) is 5.43. The molecule has 0 radical (unpaired) electrons. The Morgan fingerprint density at radius 2 is 1.93 bits per heavy atom. The summed E-state index contributed by atoms with van der Waals surface area (Å²) in [5.74, 6) is 0.281. The fourth-order valence-corrected chi connectivity index (χ4v) is 3.82. The summed E-state index contributed by atoms with van der Waals surface area (Å²) in [7, 11) is 0. The molecule has 2 aromatic carbocycles. The predicted octanol–water partition coefficient (Wildman–Crippen LogP) is 3.62. The third kappa shape index (κ3) is 3.48. The van der Waals surface area contributed by atoms with E-state index in [2.05, 4.69) is 9.88 Å². The van der Waals surface area contributed by atoms with Gasteiger partial charge in [0.15, 0.2) is 0 Å². The first-order valence-corrected chi connectivity index (χ1v) is 9.23. The van der Waals surface area contributed by atoms with E-state index in [0.29, 0.717) is 30.4 Å². The average molecular weight is 382 g/mol. The number of nitrogens with zero attached hydrogens (tertiary/aromatic N) is 2. The molecule has 1 aliphatic rings. The topological polar surface area (TPSA) is 72.4 Å². The van der Waals surface area contributed by atoms with Crippen molar-refractivity contribution in [3.05, 3.63) is 77.1 Å². The Kier molecular flexibility index (Phi) is 4.72. The summed E-state index contributed by atoms with van der Waals surface area (Å²) in [6.45, 7) is 1.97. The van der Waals surface area contributed by atoms with E-state index in [1.54, 1.807) is 6.26 Å². The Balaban J connectivity index is 1.50. The molecule has 138 valence electrons. The van der Waals surface area contributed by atoms with E-state index >= 15 is 0 Å². The number of carbonyl (C=O) groups excluding carboxylic acids is 1. The number of aromatic nitrogens is 1. The lowest BCUT2D eigenvalue weighted by Crippen LogP contribution is -2.43. The zero-order valence-electron chi connectivity index (χ0n) is 14.8. The van der Waals surface area contributed by atoms with E-state index in [4.69, 9.17) is 21.8 Å². The first kappa shape index (κ1) is 17.8. The van der Waals surface area contributed by atoms with E-state index in [0.717, 1.165) is 23.4 Å². The molecule has 4 rings (SSSR count). The van der Waals surface area contributed by atoms with Crippen molar-refractivity contribution in [2.24, 2.45) is 5.73 Å². The number of nitrogens with two attached hydrogens (primary N) is 1. The maximum absolute atomic E-state index is 12.3. The van der Waals surface area contributed by atoms with Gasteiger partial charge in [0.05, 0.1) is 11.1 Å². The summed E-state index contributed by atoms with van der Waals surface area (Å²) in [6.07, 6.45) is 2.37. The highest BCUT2D eigenvalue weighted by molar-refractivity contribution is 6.30. The van der Waals surface area contributed by atoms with Crippen LogP contribution in [0.2, 0.25) is 5.02 Å². The van der Waals surface area contributed by atoms with Gasteiger partial charge in [0.25, 0.3) is 0 Å². The lowest BCUT2D eigenvalue weighted by atomic mass is 9.79. The van der Waals surface area contributed by atoms with Crippen LogP contribution in [0.1, 0.15) is 17.7 Å². The van der Waals surface area contributed by atoms with Gasteiger partial charge in [-0.1, -0.05) is 41.9 Å². The summed E-state index contributed by atoms with van der Waals surface area (Å²) < 4.78 is 5.61. The number of hydrogen-bond donors (Lipinski definition) is 1. The minimum atomic E-state index is -0.649. The molecule has 1 aliphatic heterocycles. The largest absolute Gasteiger partial charge is 0.444 e. The molecule has 2 heterocycles. The summed E-state index contributed by atoms with van der Waals surface area (Å²) in [6, 6.07) is 17.1. The monoisotopic (exact) mass is 381 g/mol. The van der Waals surface area contributed by atoms with Crippen molar-refractivity contribution in [3.8, 4) is 11.5 Å². The van der Waals surface area contributed by atoms with Crippen molar-refractivity contribution in [2.45, 2.75) is 18.4 Å². The summed E-state index contributed by atoms with van der Waals surface area (Å²) in [4.78, 5) is 19.1. The Hall–Kier alpha value is -2.63. The molecule has 3 aromatic rings. The summed E-state index contributed by atoms with van der Waals surface area (Å²) in [5, 5.41) is 0.672. The second-order valence-electron chi connectivity index (χ2n) is 6.92. The standard InChI is InChI=1S/C21H20ClN3O2/c22-17-8-6-15(7-9-17)19-24-18(13-27-19)12-25-11-10-21(14-25,20(23)26)16-4-2-1-3-5-16/h1-9,13H,10-12,14H2,(H2,23,26). The van der Waals surface area contributed by atoms with Gasteiger partial charge in [0, 0.05) is 30.2 Å². The number of amides is 1. The van der Waals surface area contributed by atoms with Gasteiger partial charge in [-0.2, -0.15) is 0 Å². The van der Waals surface area contributed by atoms with Crippen LogP contribution in [0.3, 0.4) is 0 Å². The fourth-order valence-electron chi connectivity index (χ4n) is 3.69. The highest BCUT2D eigenvalue weighted by Gasteiger charge is 2.44. The lowest BCUT2D eigenvalue weighted by Gasteiger charge is -2.26. The van der Waals surface area contributed by atoms with Crippen LogP contribution in [-0.2, 0) is 16.8 Å². The van der Waals surface area contributed by atoms with Crippen LogP contribution in [0, 0.1) is 0 Å². The van der Waals surface area contributed by atoms with Crippen LogP contribution >= 0.6 is 11.6 Å². The second kappa shape index (κ2) is 7.18. The number of halogens is 1. The van der Waals surface area contributed by atoms with Crippen LogP contribution < -0.4 is 5.73 Å². The number of carbonyl (C=O) groups is 1. The van der Waals surface area contributed by atoms with Crippen LogP contribution in [0.4, 0.5) is 0 Å². The molecule has 0 bridgehead atoms. The molecule has 6 heteroatoms. The van der Waals surface area contributed by atoms with E-state index in [-0.39, 0.29) is 5.91 Å². The van der Waals surface area contributed by atoms with Gasteiger partial charge in [-0.15, -0.1) is 0 Å². The van der Waals surface area contributed by atoms with Crippen molar-refractivity contribution in [2.75, 3.05) is 13.1 Å². The minimum Gasteiger partial charge on any atom is -0.444 e. The van der Waals surface area contributed by atoms with Gasteiger partial charge >= 0.3 is 0 Å². The number of oxazole rings is 1. The molecule has 0 saturated carbocycles. The van der Waals surface area contributed by atoms with E-state index in [1.807, 2.05) is 54.6 Å². The highest BCUT2D eigenvalue weighted by atomic mass is 35.5. The van der Waals surface area contributed by atoms with Crippen LogP contribution in [-0.4, -0.2) is 28.9 Å². The molecule has 1 saturated heterocycles. The number of likely N-dealkylation sites (tertiary alicyclic amines) is 1. The van der Waals surface area contributed by atoms with E-state index < -0.39 is 5.41 Å². The molecule has 1 aromatic heterocycles. The first-order valence-electron chi connectivity index (χ1n) is 8.85. The summed E-state index contributed by atoms with van der Waals surface area (Å²) >= 11 is 5.93. The molecule has 1 amide bonds. The normalized spacial score (nSPS) is 20.0. The predicted molar refractivity (Wildman–Crippen MR) is 104 cm³/mol. The van der Waals surface area contributed by atoms with Crippen LogP contribution in [0.15, 0.2) is 65.3 Å². The number of hydrogen-bond acceptors (Lipinski definition) is 4. The molecule has 27 heavy (non-hydrogen) atoms. The molecule has 1 fully saturated rings. The van der Waals surface area contributed by atoms with E-state index in [1.165, 1.54) is 0 Å². The Bertz CT molecular complexity index is 940. The highest BCUT2D eigenvalue weighted by Crippen LogP contribution is 2.35. The van der Waals surface area contributed by atoms with Gasteiger partial charge in [-0.25, -0.2) is 4.98 Å². The van der Waals surface area contributed by atoms with Gasteiger partial charge < -0.3 is 10.2 Å².